The van der Waals surface area contributed by atoms with E-state index in [4.69, 9.17) is 0 Å². The molecule has 2 heteroatoms. The maximum atomic E-state index is 14.7. The number of benzene rings is 2. The van der Waals surface area contributed by atoms with Crippen LogP contribution in [0.25, 0.3) is 11.1 Å². The molecular weight excluding hydrogens is 381 g/mol. The van der Waals surface area contributed by atoms with Gasteiger partial charge in [0.25, 0.3) is 0 Å². The SMILES string of the molecule is CC(C)C.CC(C)c1cccc(-c2ccc(CN3CC4(CC(C(C)C)C4)C3)c(F)c2)c1. The highest BCUT2D eigenvalue weighted by molar-refractivity contribution is 5.64. The van der Waals surface area contributed by atoms with Crippen LogP contribution in [0.4, 0.5) is 4.39 Å². The molecule has 1 saturated heterocycles. The van der Waals surface area contributed by atoms with Crippen LogP contribution in [-0.4, -0.2) is 18.0 Å². The van der Waals surface area contributed by atoms with Crippen LogP contribution in [-0.2, 0) is 6.54 Å². The third kappa shape index (κ3) is 5.98. The lowest BCUT2D eigenvalue weighted by Crippen LogP contribution is -2.62. The van der Waals surface area contributed by atoms with Gasteiger partial charge in [0.2, 0.25) is 0 Å². The summed E-state index contributed by atoms with van der Waals surface area (Å²) in [6.07, 6.45) is 2.74. The minimum absolute atomic E-state index is 0.0722. The Morgan fingerprint density at radius 2 is 1.52 bits per heavy atom. The quantitative estimate of drug-likeness (QED) is 0.469. The van der Waals surface area contributed by atoms with Gasteiger partial charge in [-0.1, -0.05) is 84.9 Å². The molecule has 1 aliphatic carbocycles. The normalized spacial score (nSPS) is 18.2. The predicted molar refractivity (Wildman–Crippen MR) is 132 cm³/mol. The molecule has 1 saturated carbocycles. The Morgan fingerprint density at radius 3 is 2.06 bits per heavy atom. The lowest BCUT2D eigenvalue weighted by Gasteiger charge is -2.60. The summed E-state index contributed by atoms with van der Waals surface area (Å²) in [5.74, 6) is 2.96. The van der Waals surface area contributed by atoms with Crippen molar-refractivity contribution in [1.82, 2.24) is 4.90 Å². The third-order valence-electron chi connectivity index (χ3n) is 6.78. The van der Waals surface area contributed by atoms with E-state index in [2.05, 4.69) is 83.7 Å². The van der Waals surface area contributed by atoms with Gasteiger partial charge in [-0.25, -0.2) is 4.39 Å². The Bertz CT molecular complexity index is 850. The molecule has 0 N–H and O–H groups in total. The van der Waals surface area contributed by atoms with Crippen LogP contribution < -0.4 is 0 Å². The summed E-state index contributed by atoms with van der Waals surface area (Å²) in [6.45, 7) is 18.6. The highest BCUT2D eigenvalue weighted by atomic mass is 19.1. The molecule has 1 spiro atoms. The van der Waals surface area contributed by atoms with E-state index in [9.17, 15) is 4.39 Å². The van der Waals surface area contributed by atoms with Gasteiger partial charge in [-0.15, -0.1) is 0 Å². The first kappa shape index (κ1) is 24.0. The van der Waals surface area contributed by atoms with Crippen molar-refractivity contribution in [3.63, 3.8) is 0 Å². The number of halogens is 1. The second-order valence-electron chi connectivity index (χ2n) is 11.4. The zero-order chi connectivity index (χ0) is 22.8. The van der Waals surface area contributed by atoms with Gasteiger partial charge < -0.3 is 0 Å². The van der Waals surface area contributed by atoms with Gasteiger partial charge >= 0.3 is 0 Å². The predicted octanol–water partition coefficient (Wildman–Crippen LogP) is 8.15. The van der Waals surface area contributed by atoms with Crippen LogP contribution >= 0.6 is 0 Å². The monoisotopic (exact) mass is 423 g/mol. The first-order chi connectivity index (χ1) is 14.6. The number of nitrogens with zero attached hydrogens (tertiary/aromatic N) is 1. The second-order valence-corrected chi connectivity index (χ2v) is 11.4. The first-order valence-electron chi connectivity index (χ1n) is 12.2. The van der Waals surface area contributed by atoms with Crippen LogP contribution in [0, 0.1) is 29.0 Å². The molecular formula is C29H42FN. The van der Waals surface area contributed by atoms with E-state index in [1.54, 1.807) is 6.07 Å². The van der Waals surface area contributed by atoms with Crippen LogP contribution in [0.3, 0.4) is 0 Å². The molecule has 2 aliphatic rings. The van der Waals surface area contributed by atoms with E-state index in [0.717, 1.165) is 54.1 Å². The van der Waals surface area contributed by atoms with E-state index in [-0.39, 0.29) is 5.82 Å². The molecule has 0 atom stereocenters. The minimum atomic E-state index is -0.0722. The Kier molecular flexibility index (Phi) is 7.63. The third-order valence-corrected chi connectivity index (χ3v) is 6.78. The van der Waals surface area contributed by atoms with Crippen molar-refractivity contribution in [2.24, 2.45) is 23.2 Å². The largest absolute Gasteiger partial charge is 0.298 e. The van der Waals surface area contributed by atoms with Crippen LogP contribution in [0.1, 0.15) is 78.4 Å². The Hall–Kier alpha value is -1.67. The van der Waals surface area contributed by atoms with Gasteiger partial charge in [0, 0.05) is 25.2 Å². The zero-order valence-corrected chi connectivity index (χ0v) is 20.7. The van der Waals surface area contributed by atoms with Crippen molar-refractivity contribution in [1.29, 1.82) is 0 Å². The maximum Gasteiger partial charge on any atom is 0.128 e. The molecule has 1 aliphatic heterocycles. The van der Waals surface area contributed by atoms with Gasteiger partial charge in [0.05, 0.1) is 0 Å². The molecule has 2 fully saturated rings. The molecule has 2 aromatic rings. The van der Waals surface area contributed by atoms with E-state index in [1.807, 2.05) is 6.07 Å². The van der Waals surface area contributed by atoms with Crippen molar-refractivity contribution in [3.05, 3.63) is 59.4 Å². The Balaban J connectivity index is 0.000000628. The molecule has 1 nitrogen and oxygen atoms in total. The van der Waals surface area contributed by atoms with Gasteiger partial charge in [0.1, 0.15) is 5.82 Å². The summed E-state index contributed by atoms with van der Waals surface area (Å²) < 4.78 is 14.7. The van der Waals surface area contributed by atoms with Crippen LogP contribution in [0.5, 0.6) is 0 Å². The number of likely N-dealkylation sites (tertiary alicyclic amines) is 1. The standard InChI is InChI=1S/C25H32FN.C4H10/c1-17(2)19-6-5-7-20(10-19)21-8-9-22(24(26)11-21)14-27-15-25(16-27)12-23(13-25)18(3)4;1-4(2)3/h5-11,17-18,23H,12-16H2,1-4H3;4H,1-3H3. The average Bonchev–Trinajstić information content (AvgIpc) is 2.63. The minimum Gasteiger partial charge on any atom is -0.298 e. The molecule has 2 aromatic carbocycles. The summed E-state index contributed by atoms with van der Waals surface area (Å²) in [6, 6.07) is 14.2. The van der Waals surface area contributed by atoms with E-state index < -0.39 is 0 Å². The molecule has 31 heavy (non-hydrogen) atoms. The van der Waals surface area contributed by atoms with E-state index in [1.165, 1.54) is 18.4 Å². The van der Waals surface area contributed by atoms with Crippen LogP contribution in [0.2, 0.25) is 0 Å². The summed E-state index contributed by atoms with van der Waals surface area (Å²) in [7, 11) is 0. The Morgan fingerprint density at radius 1 is 0.903 bits per heavy atom. The highest BCUT2D eigenvalue weighted by Gasteiger charge is 2.52. The topological polar surface area (TPSA) is 3.24 Å². The number of rotatable bonds is 5. The van der Waals surface area contributed by atoms with E-state index in [0.29, 0.717) is 11.3 Å². The molecule has 0 bridgehead atoms. The molecule has 0 unspecified atom stereocenters. The van der Waals surface area contributed by atoms with Gasteiger partial charge in [0.15, 0.2) is 0 Å². The van der Waals surface area contributed by atoms with Gasteiger partial charge in [-0.3, -0.25) is 4.90 Å². The molecule has 0 radical (unpaired) electrons. The molecule has 170 valence electrons. The fourth-order valence-electron chi connectivity index (χ4n) is 4.97. The Labute approximate surface area is 190 Å². The highest BCUT2D eigenvalue weighted by Crippen LogP contribution is 2.54. The fraction of sp³-hybridized carbons (Fsp3) is 0.586. The summed E-state index contributed by atoms with van der Waals surface area (Å²) >= 11 is 0. The lowest BCUT2D eigenvalue weighted by molar-refractivity contribution is -0.110. The van der Waals surface area contributed by atoms with Crippen LogP contribution in [0.15, 0.2) is 42.5 Å². The molecule has 0 amide bonds. The smallest absolute Gasteiger partial charge is 0.128 e. The van der Waals surface area contributed by atoms with Crippen molar-refractivity contribution >= 4 is 0 Å². The van der Waals surface area contributed by atoms with Crippen molar-refractivity contribution in [2.75, 3.05) is 13.1 Å². The van der Waals surface area contributed by atoms with Crippen molar-refractivity contribution < 1.29 is 4.39 Å². The number of hydrogen-bond donors (Lipinski definition) is 0. The lowest BCUT2D eigenvalue weighted by atomic mass is 9.55. The van der Waals surface area contributed by atoms with Gasteiger partial charge in [-0.2, -0.15) is 0 Å². The molecule has 1 heterocycles. The number of hydrogen-bond acceptors (Lipinski definition) is 1. The van der Waals surface area contributed by atoms with E-state index >= 15 is 0 Å². The van der Waals surface area contributed by atoms with Crippen molar-refractivity contribution in [3.8, 4) is 11.1 Å². The first-order valence-corrected chi connectivity index (χ1v) is 12.2. The molecule has 4 rings (SSSR count). The van der Waals surface area contributed by atoms with Crippen molar-refractivity contribution in [2.45, 2.75) is 73.8 Å². The summed E-state index contributed by atoms with van der Waals surface area (Å²) in [4.78, 5) is 2.41. The summed E-state index contributed by atoms with van der Waals surface area (Å²) in [5, 5.41) is 0. The second kappa shape index (κ2) is 9.86. The maximum absolute atomic E-state index is 14.7. The zero-order valence-electron chi connectivity index (χ0n) is 20.7. The average molecular weight is 424 g/mol. The fourth-order valence-corrected chi connectivity index (χ4v) is 4.97. The van der Waals surface area contributed by atoms with Gasteiger partial charge in [-0.05, 0) is 64.7 Å². The molecule has 0 aromatic heterocycles. The summed E-state index contributed by atoms with van der Waals surface area (Å²) in [5.41, 5.74) is 4.75.